The van der Waals surface area contributed by atoms with Crippen molar-refractivity contribution < 1.29 is 14.3 Å². The molecule has 1 aliphatic heterocycles. The van der Waals surface area contributed by atoms with E-state index in [0.29, 0.717) is 25.4 Å². The van der Waals surface area contributed by atoms with Crippen molar-refractivity contribution in [3.63, 3.8) is 0 Å². The van der Waals surface area contributed by atoms with E-state index in [4.69, 9.17) is 4.74 Å². The Balaban J connectivity index is 2.09. The van der Waals surface area contributed by atoms with Gasteiger partial charge in [0.1, 0.15) is 0 Å². The summed E-state index contributed by atoms with van der Waals surface area (Å²) in [4.78, 5) is 22.3. The van der Waals surface area contributed by atoms with Crippen LogP contribution in [-0.2, 0) is 14.3 Å². The van der Waals surface area contributed by atoms with E-state index >= 15 is 0 Å². The highest BCUT2D eigenvalue weighted by Gasteiger charge is 2.25. The summed E-state index contributed by atoms with van der Waals surface area (Å²) < 4.78 is 5.46. The second-order valence-corrected chi connectivity index (χ2v) is 4.73. The predicted molar refractivity (Wildman–Crippen MR) is 60.8 cm³/mol. The molecule has 92 valence electrons. The van der Waals surface area contributed by atoms with E-state index in [2.05, 4.69) is 19.2 Å². The average Bonchev–Trinajstić information content (AvgIpc) is 2.20. The maximum atomic E-state index is 11.4. The minimum absolute atomic E-state index is 0.0447. The largest absolute Gasteiger partial charge is 0.381 e. The third-order valence-electron chi connectivity index (χ3n) is 2.80. The number of carbonyl (C=O) groups excluding carboxylic acids is 2. The van der Waals surface area contributed by atoms with E-state index in [1.807, 2.05) is 0 Å². The molecular weight excluding hydrogens is 206 g/mol. The molecule has 0 spiro atoms. The molecule has 0 aliphatic carbocycles. The van der Waals surface area contributed by atoms with Crippen molar-refractivity contribution >= 4 is 11.8 Å². The summed E-state index contributed by atoms with van der Waals surface area (Å²) >= 11 is 0. The number of carbonyl (C=O) groups is 2. The molecule has 1 atom stereocenters. The van der Waals surface area contributed by atoms with Gasteiger partial charge in [-0.1, -0.05) is 13.8 Å². The second kappa shape index (κ2) is 6.63. The van der Waals surface area contributed by atoms with Gasteiger partial charge in [-0.2, -0.15) is 0 Å². The molecular formula is C12H21NO3. The quantitative estimate of drug-likeness (QED) is 0.552. The number of piperidine rings is 1. The number of hydrogen-bond donors (Lipinski definition) is 1. The zero-order valence-corrected chi connectivity index (χ0v) is 10.1. The lowest BCUT2D eigenvalue weighted by molar-refractivity contribution is -0.136. The van der Waals surface area contributed by atoms with Gasteiger partial charge < -0.3 is 4.74 Å². The van der Waals surface area contributed by atoms with Crippen molar-refractivity contribution in [2.45, 2.75) is 39.5 Å². The molecule has 4 nitrogen and oxygen atoms in total. The Bertz CT molecular complexity index is 251. The molecule has 1 N–H and O–H groups in total. The lowest BCUT2D eigenvalue weighted by Crippen LogP contribution is -2.41. The SMILES string of the molecule is CC(C)CCOCCC1CCC(=O)NC1=O. The fraction of sp³-hybridized carbons (Fsp3) is 0.833. The van der Waals surface area contributed by atoms with Crippen molar-refractivity contribution in [2.75, 3.05) is 13.2 Å². The van der Waals surface area contributed by atoms with E-state index < -0.39 is 0 Å². The van der Waals surface area contributed by atoms with E-state index in [-0.39, 0.29) is 17.7 Å². The first-order chi connectivity index (χ1) is 7.59. The molecule has 4 heteroatoms. The van der Waals surface area contributed by atoms with Crippen molar-refractivity contribution in [1.82, 2.24) is 5.32 Å². The summed E-state index contributed by atoms with van der Waals surface area (Å²) in [5.41, 5.74) is 0. The van der Waals surface area contributed by atoms with Crippen molar-refractivity contribution in [3.05, 3.63) is 0 Å². The van der Waals surface area contributed by atoms with Crippen LogP contribution in [0.3, 0.4) is 0 Å². The molecule has 0 bridgehead atoms. The molecule has 1 unspecified atom stereocenters. The second-order valence-electron chi connectivity index (χ2n) is 4.73. The van der Waals surface area contributed by atoms with Gasteiger partial charge in [0, 0.05) is 25.6 Å². The van der Waals surface area contributed by atoms with Crippen LogP contribution in [0.4, 0.5) is 0 Å². The molecule has 0 saturated carbocycles. The molecule has 1 saturated heterocycles. The van der Waals surface area contributed by atoms with E-state index in [1.54, 1.807) is 0 Å². The topological polar surface area (TPSA) is 55.4 Å². The molecule has 1 heterocycles. The Morgan fingerprint density at radius 1 is 1.38 bits per heavy atom. The van der Waals surface area contributed by atoms with Crippen LogP contribution in [0, 0.1) is 11.8 Å². The lowest BCUT2D eigenvalue weighted by atomic mass is 9.95. The van der Waals surface area contributed by atoms with E-state index in [1.165, 1.54) is 0 Å². The lowest BCUT2D eigenvalue weighted by Gasteiger charge is -2.20. The van der Waals surface area contributed by atoms with Crippen molar-refractivity contribution in [3.8, 4) is 0 Å². The van der Waals surface area contributed by atoms with Crippen LogP contribution in [0.1, 0.15) is 39.5 Å². The summed E-state index contributed by atoms with van der Waals surface area (Å²) in [6.07, 6.45) is 2.90. The molecule has 1 aliphatic rings. The Labute approximate surface area is 96.7 Å². The van der Waals surface area contributed by atoms with Crippen LogP contribution in [-0.4, -0.2) is 25.0 Å². The van der Waals surface area contributed by atoms with Gasteiger partial charge in [0.05, 0.1) is 0 Å². The fourth-order valence-corrected chi connectivity index (χ4v) is 1.66. The standard InChI is InChI=1S/C12H21NO3/c1-9(2)5-7-16-8-6-10-3-4-11(14)13-12(10)15/h9-10H,3-8H2,1-2H3,(H,13,14,15). The zero-order valence-electron chi connectivity index (χ0n) is 10.1. The van der Waals surface area contributed by atoms with Gasteiger partial charge in [0.15, 0.2) is 0 Å². The fourth-order valence-electron chi connectivity index (χ4n) is 1.66. The van der Waals surface area contributed by atoms with Gasteiger partial charge in [-0.15, -0.1) is 0 Å². The first kappa shape index (κ1) is 13.2. The van der Waals surface area contributed by atoms with Crippen LogP contribution in [0.5, 0.6) is 0 Å². The van der Waals surface area contributed by atoms with Gasteiger partial charge in [0.25, 0.3) is 0 Å². The minimum atomic E-state index is -0.151. The number of ether oxygens (including phenoxy) is 1. The summed E-state index contributed by atoms with van der Waals surface area (Å²) in [6.45, 7) is 5.68. The monoisotopic (exact) mass is 227 g/mol. The summed E-state index contributed by atoms with van der Waals surface area (Å²) in [6, 6.07) is 0. The van der Waals surface area contributed by atoms with Crippen LogP contribution < -0.4 is 5.32 Å². The van der Waals surface area contributed by atoms with E-state index in [9.17, 15) is 9.59 Å². The van der Waals surface area contributed by atoms with Crippen LogP contribution >= 0.6 is 0 Å². The Kier molecular flexibility index (Phi) is 5.46. The molecule has 0 aromatic rings. The first-order valence-electron chi connectivity index (χ1n) is 6.01. The van der Waals surface area contributed by atoms with Gasteiger partial charge in [0.2, 0.25) is 11.8 Å². The van der Waals surface area contributed by atoms with Crippen molar-refractivity contribution in [2.24, 2.45) is 11.8 Å². The highest BCUT2D eigenvalue weighted by Crippen LogP contribution is 2.16. The normalized spacial score (nSPS) is 21.3. The summed E-state index contributed by atoms with van der Waals surface area (Å²) in [5.74, 6) is 0.318. The number of hydrogen-bond acceptors (Lipinski definition) is 3. The first-order valence-corrected chi connectivity index (χ1v) is 6.01. The van der Waals surface area contributed by atoms with Gasteiger partial charge in [-0.3, -0.25) is 14.9 Å². The van der Waals surface area contributed by atoms with Crippen LogP contribution in [0.25, 0.3) is 0 Å². The Morgan fingerprint density at radius 2 is 2.12 bits per heavy atom. The third-order valence-corrected chi connectivity index (χ3v) is 2.80. The van der Waals surface area contributed by atoms with Crippen LogP contribution in [0.15, 0.2) is 0 Å². The number of amides is 2. The summed E-state index contributed by atoms with van der Waals surface area (Å²) in [5, 5.41) is 2.36. The maximum absolute atomic E-state index is 11.4. The highest BCUT2D eigenvalue weighted by molar-refractivity contribution is 5.98. The smallest absolute Gasteiger partial charge is 0.229 e. The highest BCUT2D eigenvalue weighted by atomic mass is 16.5. The van der Waals surface area contributed by atoms with Gasteiger partial charge >= 0.3 is 0 Å². The van der Waals surface area contributed by atoms with Gasteiger partial charge in [-0.05, 0) is 25.2 Å². The molecule has 1 rings (SSSR count). The van der Waals surface area contributed by atoms with Crippen molar-refractivity contribution in [1.29, 1.82) is 0 Å². The number of nitrogens with one attached hydrogen (secondary N) is 1. The van der Waals surface area contributed by atoms with E-state index in [0.717, 1.165) is 19.4 Å². The molecule has 0 aromatic carbocycles. The predicted octanol–water partition coefficient (Wildman–Crippen LogP) is 1.49. The number of imide groups is 1. The molecule has 16 heavy (non-hydrogen) atoms. The number of rotatable bonds is 6. The third kappa shape index (κ3) is 4.75. The maximum Gasteiger partial charge on any atom is 0.229 e. The zero-order chi connectivity index (χ0) is 12.0. The Morgan fingerprint density at radius 3 is 2.75 bits per heavy atom. The minimum Gasteiger partial charge on any atom is -0.381 e. The Hall–Kier alpha value is -0.900. The van der Waals surface area contributed by atoms with Crippen LogP contribution in [0.2, 0.25) is 0 Å². The molecule has 2 amide bonds. The average molecular weight is 227 g/mol. The molecule has 0 aromatic heterocycles. The summed E-state index contributed by atoms with van der Waals surface area (Å²) in [7, 11) is 0. The van der Waals surface area contributed by atoms with Gasteiger partial charge in [-0.25, -0.2) is 0 Å². The molecule has 0 radical (unpaired) electrons. The molecule has 1 fully saturated rings.